The molecule has 0 bridgehead atoms. The topological polar surface area (TPSA) is 81.4 Å². The third-order valence-electron chi connectivity index (χ3n) is 2.75. The highest BCUT2D eigenvalue weighted by molar-refractivity contribution is 6.04. The van der Waals surface area contributed by atoms with Crippen LogP contribution in [-0.4, -0.2) is 18.4 Å². The van der Waals surface area contributed by atoms with Gasteiger partial charge in [0.1, 0.15) is 5.75 Å². The van der Waals surface area contributed by atoms with Crippen molar-refractivity contribution in [2.45, 2.75) is 6.92 Å². The predicted octanol–water partition coefficient (Wildman–Crippen LogP) is 2.11. The Bertz CT molecular complexity index is 668. The Morgan fingerprint density at radius 2 is 1.90 bits per heavy atom. The molecule has 0 atom stereocenters. The van der Waals surface area contributed by atoms with Crippen molar-refractivity contribution in [1.82, 2.24) is 0 Å². The largest absolute Gasteiger partial charge is 0.484 e. The normalized spacial score (nSPS) is 9.95. The van der Waals surface area contributed by atoms with Crippen LogP contribution in [0.2, 0.25) is 0 Å². The van der Waals surface area contributed by atoms with Crippen molar-refractivity contribution in [2.75, 3.05) is 11.9 Å². The first kappa shape index (κ1) is 14.6. The fraction of sp³-hybridized carbons (Fsp3) is 0.125. The monoisotopic (exact) mass is 284 g/mol. The van der Waals surface area contributed by atoms with E-state index in [-0.39, 0.29) is 12.5 Å². The lowest BCUT2D eigenvalue weighted by Gasteiger charge is -2.08. The summed E-state index contributed by atoms with van der Waals surface area (Å²) < 4.78 is 5.17. The molecule has 0 radical (unpaired) electrons. The Morgan fingerprint density at radius 3 is 2.62 bits per heavy atom. The van der Waals surface area contributed by atoms with E-state index >= 15 is 0 Å². The number of anilines is 1. The minimum atomic E-state index is -0.565. The molecule has 2 rings (SSSR count). The lowest BCUT2D eigenvalue weighted by atomic mass is 10.2. The van der Waals surface area contributed by atoms with Crippen LogP contribution in [0.15, 0.2) is 48.5 Å². The molecule has 2 aromatic rings. The number of primary amides is 1. The lowest BCUT2D eigenvalue weighted by Crippen LogP contribution is -2.20. The molecule has 2 aromatic carbocycles. The Balaban J connectivity index is 2.08. The molecule has 0 spiro atoms. The summed E-state index contributed by atoms with van der Waals surface area (Å²) in [5, 5.41) is 2.81. The van der Waals surface area contributed by atoms with Crippen LogP contribution in [0, 0.1) is 6.92 Å². The lowest BCUT2D eigenvalue weighted by molar-refractivity contribution is -0.119. The molecule has 21 heavy (non-hydrogen) atoms. The maximum absolute atomic E-state index is 12.2. The molecular weight excluding hydrogens is 268 g/mol. The zero-order valence-corrected chi connectivity index (χ0v) is 11.6. The molecule has 0 unspecified atom stereocenters. The Morgan fingerprint density at radius 1 is 1.14 bits per heavy atom. The van der Waals surface area contributed by atoms with Crippen LogP contribution >= 0.6 is 0 Å². The van der Waals surface area contributed by atoms with Gasteiger partial charge in [-0.05, 0) is 42.8 Å². The number of carbonyl (C=O) groups excluding carboxylic acids is 2. The Hall–Kier alpha value is -2.82. The van der Waals surface area contributed by atoms with Gasteiger partial charge in [0, 0.05) is 11.3 Å². The molecule has 5 nitrogen and oxygen atoms in total. The number of ether oxygens (including phenoxy) is 1. The molecule has 0 saturated carbocycles. The van der Waals surface area contributed by atoms with Crippen LogP contribution < -0.4 is 15.8 Å². The van der Waals surface area contributed by atoms with Crippen molar-refractivity contribution in [3.8, 4) is 5.75 Å². The molecule has 0 aromatic heterocycles. The van der Waals surface area contributed by atoms with Gasteiger partial charge in [0.25, 0.3) is 11.8 Å². The van der Waals surface area contributed by atoms with Gasteiger partial charge in [-0.3, -0.25) is 9.59 Å². The Kier molecular flexibility index (Phi) is 4.56. The zero-order chi connectivity index (χ0) is 15.2. The third-order valence-corrected chi connectivity index (χ3v) is 2.75. The molecule has 5 heteroatoms. The highest BCUT2D eigenvalue weighted by Crippen LogP contribution is 2.16. The van der Waals surface area contributed by atoms with E-state index in [1.54, 1.807) is 24.3 Å². The van der Waals surface area contributed by atoms with Crippen LogP contribution in [0.3, 0.4) is 0 Å². The van der Waals surface area contributed by atoms with Gasteiger partial charge < -0.3 is 15.8 Å². The number of rotatable bonds is 5. The van der Waals surface area contributed by atoms with Crippen LogP contribution in [0.5, 0.6) is 5.75 Å². The summed E-state index contributed by atoms with van der Waals surface area (Å²) in [6.45, 7) is 1.73. The predicted molar refractivity (Wildman–Crippen MR) is 80.3 cm³/mol. The highest BCUT2D eigenvalue weighted by atomic mass is 16.5. The van der Waals surface area contributed by atoms with Gasteiger partial charge in [-0.25, -0.2) is 0 Å². The van der Waals surface area contributed by atoms with E-state index in [4.69, 9.17) is 10.5 Å². The standard InChI is InChI=1S/C16H16N2O3/c1-11-4-2-6-13(8-11)18-16(20)12-5-3-7-14(9-12)21-10-15(17)19/h2-9H,10H2,1H3,(H2,17,19)(H,18,20). The van der Waals surface area contributed by atoms with E-state index in [0.29, 0.717) is 11.3 Å². The average Bonchev–Trinajstić information content (AvgIpc) is 2.45. The number of aryl methyl sites for hydroxylation is 1. The number of carbonyl (C=O) groups is 2. The second kappa shape index (κ2) is 6.56. The van der Waals surface area contributed by atoms with Crippen molar-refractivity contribution >= 4 is 17.5 Å². The molecule has 0 fully saturated rings. The van der Waals surface area contributed by atoms with E-state index in [1.165, 1.54) is 0 Å². The molecule has 0 aliphatic carbocycles. The molecule has 0 saturated heterocycles. The van der Waals surface area contributed by atoms with E-state index in [2.05, 4.69) is 5.32 Å². The van der Waals surface area contributed by atoms with E-state index < -0.39 is 5.91 Å². The van der Waals surface area contributed by atoms with Crippen LogP contribution in [0.4, 0.5) is 5.69 Å². The number of hydrogen-bond donors (Lipinski definition) is 2. The van der Waals surface area contributed by atoms with E-state index in [1.807, 2.05) is 31.2 Å². The minimum Gasteiger partial charge on any atom is -0.484 e. The minimum absolute atomic E-state index is 0.219. The number of hydrogen-bond acceptors (Lipinski definition) is 3. The maximum Gasteiger partial charge on any atom is 0.255 e. The zero-order valence-electron chi connectivity index (χ0n) is 11.6. The summed E-state index contributed by atoms with van der Waals surface area (Å²) in [5.74, 6) is -0.388. The van der Waals surface area contributed by atoms with Gasteiger partial charge in [-0.1, -0.05) is 18.2 Å². The molecule has 0 aliphatic heterocycles. The van der Waals surface area contributed by atoms with Gasteiger partial charge in [0.05, 0.1) is 0 Å². The van der Waals surface area contributed by atoms with Gasteiger partial charge in [-0.2, -0.15) is 0 Å². The second-order valence-corrected chi connectivity index (χ2v) is 4.61. The fourth-order valence-corrected chi connectivity index (χ4v) is 1.81. The fourth-order valence-electron chi connectivity index (χ4n) is 1.81. The number of amides is 2. The highest BCUT2D eigenvalue weighted by Gasteiger charge is 2.08. The van der Waals surface area contributed by atoms with E-state index in [9.17, 15) is 9.59 Å². The van der Waals surface area contributed by atoms with Crippen LogP contribution in [0.25, 0.3) is 0 Å². The summed E-state index contributed by atoms with van der Waals surface area (Å²) >= 11 is 0. The van der Waals surface area contributed by atoms with Crippen molar-refractivity contribution in [3.05, 3.63) is 59.7 Å². The number of benzene rings is 2. The first-order chi connectivity index (χ1) is 10.0. The van der Waals surface area contributed by atoms with Crippen molar-refractivity contribution in [1.29, 1.82) is 0 Å². The summed E-state index contributed by atoms with van der Waals surface area (Å²) in [6.07, 6.45) is 0. The number of nitrogens with one attached hydrogen (secondary N) is 1. The summed E-state index contributed by atoms with van der Waals surface area (Å²) in [6, 6.07) is 14.1. The first-order valence-electron chi connectivity index (χ1n) is 6.44. The first-order valence-corrected chi connectivity index (χ1v) is 6.44. The van der Waals surface area contributed by atoms with E-state index in [0.717, 1.165) is 11.3 Å². The number of nitrogens with two attached hydrogens (primary N) is 1. The van der Waals surface area contributed by atoms with Crippen molar-refractivity contribution in [2.24, 2.45) is 5.73 Å². The van der Waals surface area contributed by atoms with Gasteiger partial charge in [-0.15, -0.1) is 0 Å². The van der Waals surface area contributed by atoms with Crippen LogP contribution in [0.1, 0.15) is 15.9 Å². The summed E-state index contributed by atoms with van der Waals surface area (Å²) in [7, 11) is 0. The third kappa shape index (κ3) is 4.35. The average molecular weight is 284 g/mol. The molecule has 108 valence electrons. The molecule has 3 N–H and O–H groups in total. The molecule has 2 amide bonds. The summed E-state index contributed by atoms with van der Waals surface area (Å²) in [4.78, 5) is 22.8. The van der Waals surface area contributed by atoms with Crippen molar-refractivity contribution in [3.63, 3.8) is 0 Å². The smallest absolute Gasteiger partial charge is 0.255 e. The Labute approximate surface area is 122 Å². The SMILES string of the molecule is Cc1cccc(NC(=O)c2cccc(OCC(N)=O)c2)c1. The van der Waals surface area contributed by atoms with Crippen LogP contribution in [-0.2, 0) is 4.79 Å². The van der Waals surface area contributed by atoms with Crippen molar-refractivity contribution < 1.29 is 14.3 Å². The quantitative estimate of drug-likeness (QED) is 0.882. The molecule has 0 aliphatic rings. The maximum atomic E-state index is 12.2. The summed E-state index contributed by atoms with van der Waals surface area (Å²) in [5.41, 5.74) is 7.24. The molecular formula is C16H16N2O3. The van der Waals surface area contributed by atoms with Gasteiger partial charge >= 0.3 is 0 Å². The second-order valence-electron chi connectivity index (χ2n) is 4.61. The molecule has 0 heterocycles. The van der Waals surface area contributed by atoms with Gasteiger partial charge in [0.2, 0.25) is 0 Å². The van der Waals surface area contributed by atoms with Gasteiger partial charge in [0.15, 0.2) is 6.61 Å².